The van der Waals surface area contributed by atoms with Crippen LogP contribution in [0.15, 0.2) is 12.2 Å². The van der Waals surface area contributed by atoms with Crippen LogP contribution in [0.4, 0.5) is 13.2 Å². The second kappa shape index (κ2) is 7.91. The van der Waals surface area contributed by atoms with Crippen LogP contribution in [0.1, 0.15) is 12.8 Å². The van der Waals surface area contributed by atoms with Crippen molar-refractivity contribution in [2.45, 2.75) is 43.3 Å². The van der Waals surface area contributed by atoms with Gasteiger partial charge in [-0.15, -0.1) is 0 Å². The van der Waals surface area contributed by atoms with Crippen LogP contribution < -0.4 is 5.32 Å². The molecule has 4 atom stereocenters. The molecular formula is C13H21F3N2O4. The van der Waals surface area contributed by atoms with Gasteiger partial charge in [-0.2, -0.15) is 13.2 Å². The number of nitrogens with zero attached hydrogens (tertiary/aromatic N) is 1. The van der Waals surface area contributed by atoms with Crippen LogP contribution in [-0.4, -0.2) is 76.8 Å². The van der Waals surface area contributed by atoms with Crippen molar-refractivity contribution in [3.63, 3.8) is 0 Å². The Labute approximate surface area is 126 Å². The molecule has 4 N–H and O–H groups in total. The third-order valence-electron chi connectivity index (χ3n) is 3.71. The van der Waals surface area contributed by atoms with E-state index >= 15 is 0 Å². The van der Waals surface area contributed by atoms with Gasteiger partial charge in [-0.05, 0) is 6.42 Å². The molecule has 0 aliphatic carbocycles. The van der Waals surface area contributed by atoms with Crippen molar-refractivity contribution in [2.24, 2.45) is 0 Å². The van der Waals surface area contributed by atoms with Gasteiger partial charge in [0.1, 0.15) is 0 Å². The highest BCUT2D eigenvalue weighted by molar-refractivity contribution is 5.76. The van der Waals surface area contributed by atoms with Gasteiger partial charge in [0.2, 0.25) is 5.91 Å². The average molecular weight is 326 g/mol. The van der Waals surface area contributed by atoms with Crippen molar-refractivity contribution in [2.75, 3.05) is 20.2 Å². The standard InChI is InChI=1S/C13H21F3N2O4/c1-17-10(20)6-8-11(21)12(22)9(7-19)18(8)5-3-2-4-13(14,15)16/h2,4,8-9,11-12,19,21-22H,3,5-7H2,1H3,(H,17,20)/t8-,9-,11-,12-/m1/s1. The number of nitrogens with one attached hydrogen (secondary N) is 1. The van der Waals surface area contributed by atoms with Crippen LogP contribution in [0.25, 0.3) is 0 Å². The van der Waals surface area contributed by atoms with Gasteiger partial charge in [0.15, 0.2) is 0 Å². The number of amides is 1. The Morgan fingerprint density at radius 2 is 1.86 bits per heavy atom. The van der Waals surface area contributed by atoms with E-state index < -0.39 is 37.1 Å². The molecule has 1 saturated heterocycles. The lowest BCUT2D eigenvalue weighted by Crippen LogP contribution is -2.43. The normalized spacial score (nSPS) is 30.1. The Bertz CT molecular complexity index is 403. The molecular weight excluding hydrogens is 305 g/mol. The monoisotopic (exact) mass is 326 g/mol. The predicted octanol–water partition coefficient (Wildman–Crippen LogP) is -0.602. The average Bonchev–Trinajstić information content (AvgIpc) is 2.66. The first-order valence-electron chi connectivity index (χ1n) is 6.89. The summed E-state index contributed by atoms with van der Waals surface area (Å²) in [4.78, 5) is 12.9. The minimum atomic E-state index is -4.40. The molecule has 1 aliphatic rings. The first kappa shape index (κ1) is 18.9. The summed E-state index contributed by atoms with van der Waals surface area (Å²) in [5.74, 6) is -0.370. The third kappa shape index (κ3) is 4.94. The van der Waals surface area contributed by atoms with E-state index in [9.17, 15) is 33.3 Å². The van der Waals surface area contributed by atoms with Crippen LogP contribution in [0.3, 0.4) is 0 Å². The SMILES string of the molecule is CNC(=O)C[C@@H]1[C@@H](O)[C@H](O)[C@@H](CO)N1CCC=CC(F)(F)F. The fourth-order valence-corrected chi connectivity index (χ4v) is 2.61. The number of aliphatic hydroxyl groups is 3. The number of halogens is 3. The lowest BCUT2D eigenvalue weighted by molar-refractivity contribution is -0.122. The van der Waals surface area contributed by atoms with Gasteiger partial charge in [-0.1, -0.05) is 6.08 Å². The zero-order chi connectivity index (χ0) is 16.9. The highest BCUT2D eigenvalue weighted by Crippen LogP contribution is 2.28. The van der Waals surface area contributed by atoms with E-state index in [-0.39, 0.29) is 31.4 Å². The molecule has 0 bridgehead atoms. The number of likely N-dealkylation sites (tertiary alicyclic amines) is 1. The molecule has 0 aromatic heterocycles. The van der Waals surface area contributed by atoms with E-state index in [2.05, 4.69) is 5.32 Å². The molecule has 0 radical (unpaired) electrons. The van der Waals surface area contributed by atoms with E-state index in [0.717, 1.165) is 6.08 Å². The lowest BCUT2D eigenvalue weighted by atomic mass is 10.1. The quantitative estimate of drug-likeness (QED) is 0.489. The van der Waals surface area contributed by atoms with Crippen LogP contribution in [0, 0.1) is 0 Å². The number of rotatable bonds is 6. The molecule has 1 rings (SSSR count). The molecule has 1 amide bonds. The maximum Gasteiger partial charge on any atom is 0.409 e. The molecule has 22 heavy (non-hydrogen) atoms. The summed E-state index contributed by atoms with van der Waals surface area (Å²) in [6.07, 6.45) is -5.97. The predicted molar refractivity (Wildman–Crippen MR) is 71.9 cm³/mol. The summed E-state index contributed by atoms with van der Waals surface area (Å²) in [6.45, 7) is -0.390. The summed E-state index contributed by atoms with van der Waals surface area (Å²) in [7, 11) is 1.42. The first-order chi connectivity index (χ1) is 10.2. The number of hydrogen-bond acceptors (Lipinski definition) is 5. The minimum absolute atomic E-state index is 0.0136. The van der Waals surface area contributed by atoms with Crippen molar-refractivity contribution in [3.8, 4) is 0 Å². The molecule has 0 aromatic carbocycles. The fraction of sp³-hybridized carbons (Fsp3) is 0.769. The molecule has 0 unspecified atom stereocenters. The van der Waals surface area contributed by atoms with Gasteiger partial charge < -0.3 is 20.6 Å². The summed E-state index contributed by atoms with van der Waals surface area (Å²) >= 11 is 0. The summed E-state index contributed by atoms with van der Waals surface area (Å²) in [6, 6.07) is -1.57. The molecule has 0 spiro atoms. The van der Waals surface area contributed by atoms with Crippen molar-refractivity contribution >= 4 is 5.91 Å². The van der Waals surface area contributed by atoms with Crippen LogP contribution in [0.2, 0.25) is 0 Å². The molecule has 0 aromatic rings. The van der Waals surface area contributed by atoms with Gasteiger partial charge in [0.05, 0.1) is 24.9 Å². The van der Waals surface area contributed by atoms with E-state index in [1.807, 2.05) is 0 Å². The molecule has 0 saturated carbocycles. The topological polar surface area (TPSA) is 93.0 Å². The summed E-state index contributed by atoms with van der Waals surface area (Å²) < 4.78 is 36.1. The summed E-state index contributed by atoms with van der Waals surface area (Å²) in [5.41, 5.74) is 0. The molecule has 1 fully saturated rings. The van der Waals surface area contributed by atoms with Crippen LogP contribution in [-0.2, 0) is 4.79 Å². The van der Waals surface area contributed by atoms with Crippen LogP contribution in [0.5, 0.6) is 0 Å². The Hall–Kier alpha value is -1.16. The molecule has 9 heteroatoms. The van der Waals surface area contributed by atoms with Gasteiger partial charge in [-0.25, -0.2) is 0 Å². The highest BCUT2D eigenvalue weighted by atomic mass is 19.4. The van der Waals surface area contributed by atoms with Crippen LogP contribution >= 0.6 is 0 Å². The fourth-order valence-electron chi connectivity index (χ4n) is 2.61. The summed E-state index contributed by atoms with van der Waals surface area (Å²) in [5, 5.41) is 31.6. The smallest absolute Gasteiger partial charge is 0.395 e. The van der Waals surface area contributed by atoms with E-state index in [1.54, 1.807) is 0 Å². The maximum atomic E-state index is 12.0. The first-order valence-corrected chi connectivity index (χ1v) is 6.89. The van der Waals surface area contributed by atoms with Gasteiger partial charge >= 0.3 is 6.18 Å². The third-order valence-corrected chi connectivity index (χ3v) is 3.71. The van der Waals surface area contributed by atoms with E-state index in [4.69, 9.17) is 0 Å². The largest absolute Gasteiger partial charge is 0.409 e. The number of aliphatic hydroxyl groups excluding tert-OH is 3. The Morgan fingerprint density at radius 1 is 1.27 bits per heavy atom. The lowest BCUT2D eigenvalue weighted by Gasteiger charge is -2.28. The van der Waals surface area contributed by atoms with E-state index in [0.29, 0.717) is 0 Å². The van der Waals surface area contributed by atoms with Gasteiger partial charge in [-0.3, -0.25) is 9.69 Å². The second-order valence-corrected chi connectivity index (χ2v) is 5.15. The zero-order valence-corrected chi connectivity index (χ0v) is 12.1. The number of alkyl halides is 3. The number of carbonyl (C=O) groups excluding carboxylic acids is 1. The Kier molecular flexibility index (Phi) is 6.79. The Balaban J connectivity index is 2.75. The molecule has 1 heterocycles. The van der Waals surface area contributed by atoms with Crippen molar-refractivity contribution in [3.05, 3.63) is 12.2 Å². The highest BCUT2D eigenvalue weighted by Gasteiger charge is 2.47. The molecule has 6 nitrogen and oxygen atoms in total. The van der Waals surface area contributed by atoms with Crippen molar-refractivity contribution in [1.82, 2.24) is 10.2 Å². The number of carbonyl (C=O) groups is 1. The number of allylic oxidation sites excluding steroid dienone is 1. The number of hydrogen-bond donors (Lipinski definition) is 4. The maximum absolute atomic E-state index is 12.0. The molecule has 1 aliphatic heterocycles. The minimum Gasteiger partial charge on any atom is -0.395 e. The molecule has 128 valence electrons. The second-order valence-electron chi connectivity index (χ2n) is 5.15. The van der Waals surface area contributed by atoms with Gasteiger partial charge in [0.25, 0.3) is 0 Å². The zero-order valence-electron chi connectivity index (χ0n) is 12.1. The van der Waals surface area contributed by atoms with Gasteiger partial charge in [0, 0.05) is 32.1 Å². The van der Waals surface area contributed by atoms with Crippen molar-refractivity contribution in [1.29, 1.82) is 0 Å². The Morgan fingerprint density at radius 3 is 2.36 bits per heavy atom. The van der Waals surface area contributed by atoms with Crippen molar-refractivity contribution < 1.29 is 33.3 Å². The van der Waals surface area contributed by atoms with E-state index in [1.165, 1.54) is 11.9 Å².